The number of nitrogens with zero attached hydrogens (tertiary/aromatic N) is 3. The van der Waals surface area contributed by atoms with Crippen molar-refractivity contribution in [1.29, 1.82) is 0 Å². The number of hydrogen-bond acceptors (Lipinski definition) is 8. The van der Waals surface area contributed by atoms with Gasteiger partial charge in [-0.15, -0.1) is 0 Å². The SMILES string of the molecule is Cc1noc(-c2cnc(OOC(=O)C3CCCCC3)cn2)c1CO. The van der Waals surface area contributed by atoms with Crippen molar-refractivity contribution in [3.8, 4) is 17.3 Å². The molecule has 3 rings (SSSR count). The molecule has 1 N–H and O–H groups in total. The first kappa shape index (κ1) is 16.4. The smallest absolute Gasteiger partial charge is 0.358 e. The van der Waals surface area contributed by atoms with Gasteiger partial charge in [0.1, 0.15) is 5.69 Å². The molecule has 0 atom stereocenters. The Kier molecular flexibility index (Phi) is 5.05. The van der Waals surface area contributed by atoms with E-state index < -0.39 is 0 Å². The van der Waals surface area contributed by atoms with Gasteiger partial charge in [-0.05, 0) is 19.8 Å². The second kappa shape index (κ2) is 7.39. The molecule has 1 fully saturated rings. The van der Waals surface area contributed by atoms with Crippen molar-refractivity contribution >= 4 is 5.97 Å². The molecule has 24 heavy (non-hydrogen) atoms. The average molecular weight is 333 g/mol. The van der Waals surface area contributed by atoms with Gasteiger partial charge in [0, 0.05) is 5.56 Å². The molecule has 0 amide bonds. The van der Waals surface area contributed by atoms with E-state index in [0.29, 0.717) is 22.7 Å². The van der Waals surface area contributed by atoms with Gasteiger partial charge in [0.15, 0.2) is 5.76 Å². The normalized spacial score (nSPS) is 15.2. The van der Waals surface area contributed by atoms with Crippen LogP contribution in [0.5, 0.6) is 5.88 Å². The zero-order valence-corrected chi connectivity index (χ0v) is 13.4. The fourth-order valence-electron chi connectivity index (χ4n) is 2.74. The number of aliphatic hydroxyl groups excluding tert-OH is 1. The molecule has 1 aliphatic rings. The van der Waals surface area contributed by atoms with Gasteiger partial charge in [-0.1, -0.05) is 24.4 Å². The lowest BCUT2D eigenvalue weighted by atomic mass is 9.89. The van der Waals surface area contributed by atoms with E-state index >= 15 is 0 Å². The minimum atomic E-state index is -0.367. The molecule has 0 aromatic carbocycles. The van der Waals surface area contributed by atoms with E-state index in [4.69, 9.17) is 14.3 Å². The van der Waals surface area contributed by atoms with Crippen LogP contribution in [0.15, 0.2) is 16.9 Å². The summed E-state index contributed by atoms with van der Waals surface area (Å²) in [6, 6.07) is 0. The van der Waals surface area contributed by atoms with Crippen LogP contribution in [0, 0.1) is 12.8 Å². The molecular weight excluding hydrogens is 314 g/mol. The predicted molar refractivity (Wildman–Crippen MR) is 81.5 cm³/mol. The lowest BCUT2D eigenvalue weighted by Gasteiger charge is -2.18. The van der Waals surface area contributed by atoms with Gasteiger partial charge in [-0.25, -0.2) is 19.7 Å². The fraction of sp³-hybridized carbons (Fsp3) is 0.500. The number of hydrogen-bond donors (Lipinski definition) is 1. The first-order valence-electron chi connectivity index (χ1n) is 7.96. The molecule has 2 aromatic rings. The van der Waals surface area contributed by atoms with Gasteiger partial charge in [-0.2, -0.15) is 0 Å². The highest BCUT2D eigenvalue weighted by atomic mass is 17.2. The quantitative estimate of drug-likeness (QED) is 0.656. The van der Waals surface area contributed by atoms with Gasteiger partial charge >= 0.3 is 5.97 Å². The lowest BCUT2D eigenvalue weighted by Crippen LogP contribution is -2.21. The van der Waals surface area contributed by atoms with Gasteiger partial charge in [0.05, 0.1) is 30.6 Å². The van der Waals surface area contributed by atoms with Crippen molar-refractivity contribution in [1.82, 2.24) is 15.1 Å². The van der Waals surface area contributed by atoms with E-state index in [1.807, 2.05) is 0 Å². The number of aryl methyl sites for hydroxylation is 1. The Bertz CT molecular complexity index is 692. The third-order valence-corrected chi connectivity index (χ3v) is 4.15. The van der Waals surface area contributed by atoms with Crippen LogP contribution >= 0.6 is 0 Å². The molecule has 0 radical (unpaired) electrons. The summed E-state index contributed by atoms with van der Waals surface area (Å²) in [5.74, 6) is -0.0396. The lowest BCUT2D eigenvalue weighted by molar-refractivity contribution is -0.221. The van der Waals surface area contributed by atoms with E-state index in [2.05, 4.69) is 15.1 Å². The third kappa shape index (κ3) is 3.53. The highest BCUT2D eigenvalue weighted by Gasteiger charge is 2.24. The summed E-state index contributed by atoms with van der Waals surface area (Å²) in [6.07, 6.45) is 7.64. The maximum Gasteiger partial charge on any atom is 0.358 e. The molecule has 1 saturated carbocycles. The maximum atomic E-state index is 11.9. The summed E-state index contributed by atoms with van der Waals surface area (Å²) in [5.41, 5.74) is 1.56. The van der Waals surface area contributed by atoms with Crippen LogP contribution < -0.4 is 4.89 Å². The predicted octanol–water partition coefficient (Wildman–Crippen LogP) is 2.35. The average Bonchev–Trinajstić information content (AvgIpc) is 3.01. The Balaban J connectivity index is 1.61. The third-order valence-electron chi connectivity index (χ3n) is 4.15. The largest absolute Gasteiger partial charge is 0.391 e. The standard InChI is InChI=1S/C16H19N3O5/c1-10-12(9-20)15(22-19-10)13-7-18-14(8-17-13)23-24-16(21)11-5-3-2-4-6-11/h7-8,11,20H,2-6,9H2,1H3. The second-order valence-electron chi connectivity index (χ2n) is 5.79. The van der Waals surface area contributed by atoms with Crippen molar-refractivity contribution in [2.75, 3.05) is 0 Å². The summed E-state index contributed by atoms with van der Waals surface area (Å²) in [4.78, 5) is 29.9. The van der Waals surface area contributed by atoms with Crippen LogP contribution in [0.3, 0.4) is 0 Å². The summed E-state index contributed by atoms with van der Waals surface area (Å²) in [6.45, 7) is 1.53. The van der Waals surface area contributed by atoms with Crippen LogP contribution in [0.2, 0.25) is 0 Å². The first-order valence-corrected chi connectivity index (χ1v) is 7.96. The topological polar surface area (TPSA) is 108 Å². The maximum absolute atomic E-state index is 11.9. The van der Waals surface area contributed by atoms with E-state index in [1.54, 1.807) is 6.92 Å². The monoisotopic (exact) mass is 333 g/mol. The number of carbonyl (C=O) groups is 1. The van der Waals surface area contributed by atoms with E-state index in [9.17, 15) is 9.90 Å². The summed E-state index contributed by atoms with van der Waals surface area (Å²) < 4.78 is 5.15. The van der Waals surface area contributed by atoms with Crippen LogP contribution in [0.4, 0.5) is 0 Å². The molecule has 2 heterocycles. The van der Waals surface area contributed by atoms with E-state index in [0.717, 1.165) is 32.1 Å². The number of aliphatic hydroxyl groups is 1. The Morgan fingerprint density at radius 2 is 2.08 bits per heavy atom. The molecule has 8 nitrogen and oxygen atoms in total. The molecule has 8 heteroatoms. The summed E-state index contributed by atoms with van der Waals surface area (Å²) in [7, 11) is 0. The Morgan fingerprint density at radius 3 is 2.75 bits per heavy atom. The molecule has 0 saturated heterocycles. The van der Waals surface area contributed by atoms with Gasteiger partial charge in [0.25, 0.3) is 5.88 Å². The summed E-state index contributed by atoms with van der Waals surface area (Å²) in [5, 5.41) is 13.1. The first-order chi connectivity index (χ1) is 11.7. The zero-order valence-electron chi connectivity index (χ0n) is 13.4. The van der Waals surface area contributed by atoms with E-state index in [-0.39, 0.29) is 24.4 Å². The van der Waals surface area contributed by atoms with Crippen molar-refractivity contribution < 1.29 is 24.2 Å². The van der Waals surface area contributed by atoms with Crippen LogP contribution in [0.25, 0.3) is 11.5 Å². The van der Waals surface area contributed by atoms with Crippen molar-refractivity contribution in [3.05, 3.63) is 23.7 Å². The van der Waals surface area contributed by atoms with E-state index in [1.165, 1.54) is 12.4 Å². The molecule has 128 valence electrons. The molecule has 1 aliphatic carbocycles. The van der Waals surface area contributed by atoms with Gasteiger partial charge < -0.3 is 9.63 Å². The van der Waals surface area contributed by atoms with Crippen molar-refractivity contribution in [2.24, 2.45) is 5.92 Å². The highest BCUT2D eigenvalue weighted by Crippen LogP contribution is 2.26. The zero-order chi connectivity index (χ0) is 16.9. The Morgan fingerprint density at radius 1 is 1.29 bits per heavy atom. The Hall–Kier alpha value is -2.48. The molecule has 0 unspecified atom stereocenters. The Labute approximate surface area is 138 Å². The molecule has 2 aromatic heterocycles. The molecular formula is C16H19N3O5. The van der Waals surface area contributed by atoms with Crippen LogP contribution in [-0.4, -0.2) is 26.2 Å². The molecule has 0 spiro atoms. The fourth-order valence-corrected chi connectivity index (χ4v) is 2.74. The number of aromatic nitrogens is 3. The van der Waals surface area contributed by atoms with Crippen molar-refractivity contribution in [3.63, 3.8) is 0 Å². The highest BCUT2D eigenvalue weighted by molar-refractivity contribution is 5.71. The van der Waals surface area contributed by atoms with Gasteiger partial charge in [0.2, 0.25) is 0 Å². The summed E-state index contributed by atoms with van der Waals surface area (Å²) >= 11 is 0. The number of rotatable bonds is 5. The molecule has 0 bridgehead atoms. The van der Waals surface area contributed by atoms with Gasteiger partial charge in [-0.3, -0.25) is 4.89 Å². The van der Waals surface area contributed by atoms with Crippen LogP contribution in [0.1, 0.15) is 43.4 Å². The van der Waals surface area contributed by atoms with Crippen LogP contribution in [-0.2, 0) is 16.3 Å². The number of carbonyl (C=O) groups excluding carboxylic acids is 1. The molecule has 0 aliphatic heterocycles. The second-order valence-corrected chi connectivity index (χ2v) is 5.79. The minimum absolute atomic E-state index is 0.0738. The van der Waals surface area contributed by atoms with Crippen molar-refractivity contribution in [2.45, 2.75) is 45.6 Å². The minimum Gasteiger partial charge on any atom is -0.391 e.